The van der Waals surface area contributed by atoms with Gasteiger partial charge < -0.3 is 14.9 Å². The Kier molecular flexibility index (Phi) is 3.58. The lowest BCUT2D eigenvalue weighted by atomic mass is 10.1. The first-order valence-electron chi connectivity index (χ1n) is 6.15. The van der Waals surface area contributed by atoms with Crippen LogP contribution in [0.5, 0.6) is 0 Å². The van der Waals surface area contributed by atoms with E-state index in [0.717, 1.165) is 4.47 Å². The van der Waals surface area contributed by atoms with Crippen LogP contribution in [0.15, 0.2) is 16.7 Å². The normalized spacial score (nSPS) is 15.1. The molecule has 0 bridgehead atoms. The van der Waals surface area contributed by atoms with Gasteiger partial charge >= 0.3 is 6.09 Å². The molecule has 1 aliphatic heterocycles. The van der Waals surface area contributed by atoms with Crippen LogP contribution in [-0.2, 0) is 0 Å². The summed E-state index contributed by atoms with van der Waals surface area (Å²) in [6.45, 7) is 1.08. The fourth-order valence-electron chi connectivity index (χ4n) is 2.12. The topological polar surface area (TPSA) is 82.5 Å². The zero-order chi connectivity index (χ0) is 15.1. The van der Waals surface area contributed by atoms with E-state index in [4.69, 9.17) is 16.7 Å². The van der Waals surface area contributed by atoms with Crippen LogP contribution >= 0.6 is 27.5 Å². The van der Waals surface area contributed by atoms with Crippen LogP contribution in [0.1, 0.15) is 0 Å². The minimum atomic E-state index is -0.943. The van der Waals surface area contributed by atoms with Crippen LogP contribution in [0.2, 0.25) is 5.15 Å². The van der Waals surface area contributed by atoms with Crippen molar-refractivity contribution in [3.63, 3.8) is 0 Å². The maximum Gasteiger partial charge on any atom is 0.407 e. The Balaban J connectivity index is 1.84. The quantitative estimate of drug-likeness (QED) is 0.870. The van der Waals surface area contributed by atoms with E-state index in [1.165, 1.54) is 4.90 Å². The van der Waals surface area contributed by atoms with E-state index < -0.39 is 6.09 Å². The molecule has 9 heteroatoms. The van der Waals surface area contributed by atoms with Gasteiger partial charge in [0.2, 0.25) is 0 Å². The van der Waals surface area contributed by atoms with Crippen molar-refractivity contribution in [2.75, 3.05) is 25.0 Å². The monoisotopic (exact) mass is 371 g/mol. The van der Waals surface area contributed by atoms with Crippen molar-refractivity contribution in [2.45, 2.75) is 6.04 Å². The number of hydrogen-bond acceptors (Lipinski definition) is 5. The van der Waals surface area contributed by atoms with Gasteiger partial charge in [-0.1, -0.05) is 11.6 Å². The summed E-state index contributed by atoms with van der Waals surface area (Å²) in [4.78, 5) is 27.0. The van der Waals surface area contributed by atoms with Gasteiger partial charge in [0.15, 0.2) is 16.6 Å². The number of halogens is 2. The highest BCUT2D eigenvalue weighted by Crippen LogP contribution is 2.29. The highest BCUT2D eigenvalue weighted by Gasteiger charge is 2.34. The Bertz CT molecular complexity index is 722. The van der Waals surface area contributed by atoms with Crippen LogP contribution in [0.4, 0.5) is 10.6 Å². The van der Waals surface area contributed by atoms with Crippen LogP contribution in [-0.4, -0.2) is 57.2 Å². The van der Waals surface area contributed by atoms with Gasteiger partial charge in [-0.2, -0.15) is 0 Å². The molecule has 2 aromatic rings. The van der Waals surface area contributed by atoms with Gasteiger partial charge in [0.05, 0.1) is 6.04 Å². The predicted octanol–water partition coefficient (Wildman–Crippen LogP) is 2.24. The standard InChI is InChI=1S/C12H11BrClN5O2/c1-18(12(20)21)7-4-19(5-7)11-9(14)16-8-2-6(13)3-15-10(8)17-11/h2-3,7H,4-5H2,1H3,(H,20,21). The van der Waals surface area contributed by atoms with E-state index in [0.29, 0.717) is 35.2 Å². The number of rotatable bonds is 2. The molecule has 2 aromatic heterocycles. The van der Waals surface area contributed by atoms with E-state index in [-0.39, 0.29) is 6.04 Å². The number of hydrogen-bond donors (Lipinski definition) is 1. The maximum atomic E-state index is 10.9. The van der Waals surface area contributed by atoms with Crippen molar-refractivity contribution >= 4 is 50.6 Å². The van der Waals surface area contributed by atoms with Gasteiger partial charge in [0.1, 0.15) is 5.52 Å². The number of carbonyl (C=O) groups is 1. The van der Waals surface area contributed by atoms with Crippen molar-refractivity contribution in [1.29, 1.82) is 0 Å². The average molecular weight is 373 g/mol. The molecule has 110 valence electrons. The van der Waals surface area contributed by atoms with Crippen LogP contribution < -0.4 is 4.90 Å². The van der Waals surface area contributed by atoms with E-state index in [1.807, 2.05) is 4.90 Å². The molecule has 0 spiro atoms. The maximum absolute atomic E-state index is 10.9. The molecular formula is C12H11BrClN5O2. The second kappa shape index (κ2) is 5.27. The second-order valence-electron chi connectivity index (χ2n) is 4.79. The van der Waals surface area contributed by atoms with Gasteiger partial charge in [-0.05, 0) is 22.0 Å². The summed E-state index contributed by atoms with van der Waals surface area (Å²) in [7, 11) is 1.55. The molecule has 0 unspecified atom stereocenters. The Morgan fingerprint density at radius 1 is 1.52 bits per heavy atom. The zero-order valence-electron chi connectivity index (χ0n) is 11.0. The molecule has 1 fully saturated rings. The summed E-state index contributed by atoms with van der Waals surface area (Å²) in [6.07, 6.45) is 0.702. The third kappa shape index (κ3) is 2.60. The molecule has 1 saturated heterocycles. The van der Waals surface area contributed by atoms with Crippen molar-refractivity contribution in [3.8, 4) is 0 Å². The minimum Gasteiger partial charge on any atom is -0.465 e. The SMILES string of the molecule is CN(C(=O)O)C1CN(c2nc3ncc(Br)cc3nc2Cl)C1. The van der Waals surface area contributed by atoms with Crippen molar-refractivity contribution in [3.05, 3.63) is 21.9 Å². The first-order valence-corrected chi connectivity index (χ1v) is 7.32. The third-order valence-electron chi connectivity index (χ3n) is 3.44. The number of amides is 1. The van der Waals surface area contributed by atoms with E-state index in [9.17, 15) is 4.79 Å². The molecule has 3 heterocycles. The Hall–Kier alpha value is -1.67. The number of nitrogens with zero attached hydrogens (tertiary/aromatic N) is 5. The molecule has 3 rings (SSSR count). The van der Waals surface area contributed by atoms with Crippen molar-refractivity contribution in [1.82, 2.24) is 19.9 Å². The summed E-state index contributed by atoms with van der Waals surface area (Å²) in [5.74, 6) is 0.536. The number of pyridine rings is 1. The van der Waals surface area contributed by atoms with E-state index in [1.54, 1.807) is 19.3 Å². The zero-order valence-corrected chi connectivity index (χ0v) is 13.3. The molecular weight excluding hydrogens is 362 g/mol. The summed E-state index contributed by atoms with van der Waals surface area (Å²) < 4.78 is 0.806. The number of likely N-dealkylation sites (N-methyl/N-ethyl adjacent to an activating group) is 1. The van der Waals surface area contributed by atoms with Crippen LogP contribution in [0.3, 0.4) is 0 Å². The largest absolute Gasteiger partial charge is 0.465 e. The van der Waals surface area contributed by atoms with Crippen LogP contribution in [0.25, 0.3) is 11.2 Å². The highest BCUT2D eigenvalue weighted by atomic mass is 79.9. The molecule has 0 aliphatic carbocycles. The average Bonchev–Trinajstić information content (AvgIpc) is 2.37. The number of fused-ring (bicyclic) bond motifs is 1. The van der Waals surface area contributed by atoms with Gasteiger partial charge in [-0.3, -0.25) is 0 Å². The summed E-state index contributed by atoms with van der Waals surface area (Å²) in [5, 5.41) is 9.23. The lowest BCUT2D eigenvalue weighted by Crippen LogP contribution is -2.60. The molecule has 0 radical (unpaired) electrons. The number of anilines is 1. The molecule has 1 N–H and O–H groups in total. The lowest BCUT2D eigenvalue weighted by Gasteiger charge is -2.43. The van der Waals surface area contributed by atoms with E-state index >= 15 is 0 Å². The fourth-order valence-corrected chi connectivity index (χ4v) is 2.69. The molecule has 1 amide bonds. The van der Waals surface area contributed by atoms with Gasteiger partial charge in [-0.15, -0.1) is 0 Å². The Morgan fingerprint density at radius 2 is 2.24 bits per heavy atom. The summed E-state index contributed by atoms with van der Waals surface area (Å²) in [6, 6.07) is 1.73. The molecule has 0 saturated carbocycles. The first kappa shape index (κ1) is 14.3. The van der Waals surface area contributed by atoms with E-state index in [2.05, 4.69) is 30.9 Å². The van der Waals surface area contributed by atoms with Crippen molar-refractivity contribution < 1.29 is 9.90 Å². The fraction of sp³-hybridized carbons (Fsp3) is 0.333. The summed E-state index contributed by atoms with van der Waals surface area (Å²) >= 11 is 9.49. The molecule has 21 heavy (non-hydrogen) atoms. The van der Waals surface area contributed by atoms with Gasteiger partial charge in [-0.25, -0.2) is 19.7 Å². The molecule has 1 aliphatic rings. The predicted molar refractivity (Wildman–Crippen MR) is 81.8 cm³/mol. The first-order chi connectivity index (χ1) is 9.95. The number of aromatic nitrogens is 3. The van der Waals surface area contributed by atoms with Gasteiger partial charge in [0, 0.05) is 30.8 Å². The second-order valence-corrected chi connectivity index (χ2v) is 6.06. The molecule has 7 nitrogen and oxygen atoms in total. The molecule has 0 aromatic carbocycles. The Morgan fingerprint density at radius 3 is 2.90 bits per heavy atom. The highest BCUT2D eigenvalue weighted by molar-refractivity contribution is 9.10. The summed E-state index contributed by atoms with van der Waals surface area (Å²) in [5.41, 5.74) is 1.12. The smallest absolute Gasteiger partial charge is 0.407 e. The van der Waals surface area contributed by atoms with Crippen molar-refractivity contribution in [2.24, 2.45) is 0 Å². The lowest BCUT2D eigenvalue weighted by molar-refractivity contribution is 0.130. The van der Waals surface area contributed by atoms with Crippen LogP contribution in [0, 0.1) is 0 Å². The van der Waals surface area contributed by atoms with Gasteiger partial charge in [0.25, 0.3) is 0 Å². The number of carboxylic acid groups (broad SMARTS) is 1. The Labute approximate surface area is 133 Å². The molecule has 0 atom stereocenters. The third-order valence-corrected chi connectivity index (χ3v) is 4.13. The minimum absolute atomic E-state index is 0.0612.